The predicted molar refractivity (Wildman–Crippen MR) is 83.5 cm³/mol. The van der Waals surface area contributed by atoms with Gasteiger partial charge in [0.1, 0.15) is 12.4 Å². The van der Waals surface area contributed by atoms with Gasteiger partial charge in [0.15, 0.2) is 0 Å². The lowest BCUT2D eigenvalue weighted by atomic mass is 10.1. The van der Waals surface area contributed by atoms with Gasteiger partial charge in [-0.05, 0) is 19.1 Å². The summed E-state index contributed by atoms with van der Waals surface area (Å²) in [4.78, 5) is 29.4. The zero-order valence-electron chi connectivity index (χ0n) is 12.9. The molecule has 0 aliphatic carbocycles. The summed E-state index contributed by atoms with van der Waals surface area (Å²) in [6.45, 7) is 3.13. The molecule has 0 atom stereocenters. The molecule has 0 spiro atoms. The minimum absolute atomic E-state index is 0.0575. The van der Waals surface area contributed by atoms with Gasteiger partial charge in [0, 0.05) is 43.8 Å². The van der Waals surface area contributed by atoms with E-state index in [2.05, 4.69) is 4.98 Å². The highest BCUT2D eigenvalue weighted by Crippen LogP contribution is 2.18. The summed E-state index contributed by atoms with van der Waals surface area (Å²) >= 11 is 0. The molecule has 1 aliphatic rings. The second-order valence-corrected chi connectivity index (χ2v) is 5.57. The molecule has 6 nitrogen and oxygen atoms in total. The van der Waals surface area contributed by atoms with E-state index in [1.165, 1.54) is 18.4 Å². The topological polar surface area (TPSA) is 72.6 Å². The van der Waals surface area contributed by atoms with Crippen molar-refractivity contribution in [2.24, 2.45) is 0 Å². The molecule has 0 radical (unpaired) electrons. The molecule has 23 heavy (non-hydrogen) atoms. The molecular weight excluding hydrogens is 296 g/mol. The number of nitrogens with zero attached hydrogens (tertiary/aromatic N) is 2. The molecule has 2 aromatic rings. The highest BCUT2D eigenvalue weighted by molar-refractivity contribution is 5.93. The maximum Gasteiger partial charge on any atom is 0.335 e. The summed E-state index contributed by atoms with van der Waals surface area (Å²) in [5.41, 5.74) is 0.851. The van der Waals surface area contributed by atoms with E-state index in [-0.39, 0.29) is 12.0 Å². The van der Waals surface area contributed by atoms with Crippen LogP contribution in [0.1, 0.15) is 28.9 Å². The Labute approximate surface area is 133 Å². The Morgan fingerprint density at radius 1 is 1.26 bits per heavy atom. The fraction of sp³-hybridized carbons (Fsp3) is 0.353. The first-order valence-corrected chi connectivity index (χ1v) is 7.60. The monoisotopic (exact) mass is 314 g/mol. The number of aromatic nitrogens is 1. The molecule has 1 amide bonds. The first kappa shape index (κ1) is 15.3. The zero-order valence-corrected chi connectivity index (χ0v) is 12.9. The Balaban J connectivity index is 1.56. The van der Waals surface area contributed by atoms with Crippen LogP contribution in [-0.4, -0.2) is 35.0 Å². The summed E-state index contributed by atoms with van der Waals surface area (Å²) in [6, 6.07) is 8.43. The van der Waals surface area contributed by atoms with Gasteiger partial charge in [-0.2, -0.15) is 0 Å². The maximum atomic E-state index is 12.3. The fourth-order valence-corrected chi connectivity index (χ4v) is 2.59. The first-order valence-electron chi connectivity index (χ1n) is 7.60. The van der Waals surface area contributed by atoms with Crippen LogP contribution in [0.4, 0.5) is 0 Å². The average Bonchev–Trinajstić information content (AvgIpc) is 2.56. The molecular formula is C17H18N2O4. The van der Waals surface area contributed by atoms with Crippen LogP contribution in [0.5, 0.6) is 5.88 Å². The molecule has 1 fully saturated rings. The number of piperidine rings is 1. The van der Waals surface area contributed by atoms with Crippen molar-refractivity contribution in [2.75, 3.05) is 13.1 Å². The van der Waals surface area contributed by atoms with Gasteiger partial charge in [-0.15, -0.1) is 0 Å². The van der Waals surface area contributed by atoms with E-state index in [1.54, 1.807) is 4.90 Å². The van der Waals surface area contributed by atoms with E-state index < -0.39 is 5.63 Å². The highest BCUT2D eigenvalue weighted by Gasteiger charge is 2.25. The normalized spacial score (nSPS) is 15.4. The molecule has 0 saturated carbocycles. The molecule has 1 aliphatic heterocycles. The summed E-state index contributed by atoms with van der Waals surface area (Å²) in [5, 5.41) is 0. The Morgan fingerprint density at radius 2 is 2.04 bits per heavy atom. The average molecular weight is 314 g/mol. The lowest BCUT2D eigenvalue weighted by molar-refractivity contribution is 0.0585. The largest absolute Gasteiger partial charge is 0.474 e. The fourth-order valence-electron chi connectivity index (χ4n) is 2.59. The number of carbonyl (C=O) groups is 1. The molecule has 0 unspecified atom stereocenters. The summed E-state index contributed by atoms with van der Waals surface area (Å²) in [7, 11) is 0. The van der Waals surface area contributed by atoms with Crippen molar-refractivity contribution in [2.45, 2.75) is 25.9 Å². The summed E-state index contributed by atoms with van der Waals surface area (Å²) in [5.74, 6) is 0.500. The zero-order chi connectivity index (χ0) is 16.2. The lowest BCUT2D eigenvalue weighted by Crippen LogP contribution is -2.41. The van der Waals surface area contributed by atoms with Crippen LogP contribution in [0.2, 0.25) is 0 Å². The van der Waals surface area contributed by atoms with Crippen molar-refractivity contribution in [3.63, 3.8) is 0 Å². The van der Waals surface area contributed by atoms with E-state index in [9.17, 15) is 9.59 Å². The minimum Gasteiger partial charge on any atom is -0.474 e. The molecule has 3 rings (SSSR count). The smallest absolute Gasteiger partial charge is 0.335 e. The van der Waals surface area contributed by atoms with Crippen molar-refractivity contribution in [1.29, 1.82) is 0 Å². The van der Waals surface area contributed by atoms with Crippen LogP contribution < -0.4 is 10.4 Å². The molecule has 0 bridgehead atoms. The summed E-state index contributed by atoms with van der Waals surface area (Å²) in [6.07, 6.45) is 2.77. The highest BCUT2D eigenvalue weighted by atomic mass is 16.5. The number of likely N-dealkylation sites (tertiary alicyclic amines) is 1. The first-order chi connectivity index (χ1) is 11.1. The van der Waals surface area contributed by atoms with E-state index in [0.29, 0.717) is 24.5 Å². The Bertz CT molecular complexity index is 728. The predicted octanol–water partition coefficient (Wildman–Crippen LogP) is 2.03. The van der Waals surface area contributed by atoms with Crippen LogP contribution in [0.25, 0.3) is 0 Å². The maximum absolute atomic E-state index is 12.3. The second kappa shape index (κ2) is 6.64. The standard InChI is InChI=1S/C17H18N2O4/c1-12-3-2-4-15(18-12)23-14-7-9-19(10-8-14)17(21)13-5-6-16(20)22-11-13/h2-6,11,14H,7-10H2,1H3. The van der Waals surface area contributed by atoms with Gasteiger partial charge in [0.25, 0.3) is 5.91 Å². The van der Waals surface area contributed by atoms with Gasteiger partial charge in [-0.3, -0.25) is 4.79 Å². The Hall–Kier alpha value is -2.63. The van der Waals surface area contributed by atoms with Crippen molar-refractivity contribution in [1.82, 2.24) is 9.88 Å². The lowest BCUT2D eigenvalue weighted by Gasteiger charge is -2.31. The summed E-state index contributed by atoms with van der Waals surface area (Å²) < 4.78 is 10.6. The molecule has 6 heteroatoms. The van der Waals surface area contributed by atoms with Crippen LogP contribution in [-0.2, 0) is 0 Å². The van der Waals surface area contributed by atoms with E-state index in [0.717, 1.165) is 18.5 Å². The van der Waals surface area contributed by atoms with E-state index >= 15 is 0 Å². The number of carbonyl (C=O) groups excluding carboxylic acids is 1. The van der Waals surface area contributed by atoms with Crippen LogP contribution >= 0.6 is 0 Å². The number of hydrogen-bond acceptors (Lipinski definition) is 5. The Kier molecular flexibility index (Phi) is 4.41. The van der Waals surface area contributed by atoms with Crippen molar-refractivity contribution in [3.8, 4) is 5.88 Å². The molecule has 1 saturated heterocycles. The third-order valence-corrected chi connectivity index (χ3v) is 3.83. The minimum atomic E-state index is -0.459. The molecule has 2 aromatic heterocycles. The van der Waals surface area contributed by atoms with Crippen LogP contribution in [0.15, 0.2) is 45.8 Å². The number of aryl methyl sites for hydroxylation is 1. The molecule has 0 aromatic carbocycles. The number of amides is 1. The van der Waals surface area contributed by atoms with Gasteiger partial charge >= 0.3 is 5.63 Å². The second-order valence-electron chi connectivity index (χ2n) is 5.57. The quantitative estimate of drug-likeness (QED) is 0.866. The van der Waals surface area contributed by atoms with Gasteiger partial charge in [0.05, 0.1) is 5.56 Å². The molecule has 120 valence electrons. The number of hydrogen-bond donors (Lipinski definition) is 0. The van der Waals surface area contributed by atoms with E-state index in [1.807, 2.05) is 25.1 Å². The third kappa shape index (κ3) is 3.77. The Morgan fingerprint density at radius 3 is 2.70 bits per heavy atom. The third-order valence-electron chi connectivity index (χ3n) is 3.83. The number of pyridine rings is 1. The van der Waals surface area contributed by atoms with Crippen molar-refractivity contribution in [3.05, 3.63) is 58.3 Å². The molecule has 3 heterocycles. The number of rotatable bonds is 3. The van der Waals surface area contributed by atoms with E-state index in [4.69, 9.17) is 9.15 Å². The van der Waals surface area contributed by atoms with Crippen LogP contribution in [0.3, 0.4) is 0 Å². The van der Waals surface area contributed by atoms with Crippen molar-refractivity contribution < 1.29 is 13.9 Å². The van der Waals surface area contributed by atoms with Crippen LogP contribution in [0, 0.1) is 6.92 Å². The van der Waals surface area contributed by atoms with Crippen molar-refractivity contribution >= 4 is 5.91 Å². The SMILES string of the molecule is Cc1cccc(OC2CCN(C(=O)c3ccc(=O)oc3)CC2)n1. The van der Waals surface area contributed by atoms with Gasteiger partial charge in [0.2, 0.25) is 5.88 Å². The van der Waals surface area contributed by atoms with Gasteiger partial charge in [-0.25, -0.2) is 9.78 Å². The molecule has 0 N–H and O–H groups in total. The van der Waals surface area contributed by atoms with Gasteiger partial charge in [-0.1, -0.05) is 6.07 Å². The van der Waals surface area contributed by atoms with Gasteiger partial charge < -0.3 is 14.1 Å². The number of ether oxygens (including phenoxy) is 1.